The Morgan fingerprint density at radius 2 is 0.659 bits per heavy atom. The van der Waals surface area contributed by atoms with Crippen molar-refractivity contribution in [1.29, 1.82) is 0 Å². The van der Waals surface area contributed by atoms with E-state index in [1.165, 1.54) is 119 Å². The summed E-state index contributed by atoms with van der Waals surface area (Å²) in [5.41, 5.74) is 26.2. The van der Waals surface area contributed by atoms with Gasteiger partial charge in [0.1, 0.15) is 0 Å². The van der Waals surface area contributed by atoms with Gasteiger partial charge in [-0.2, -0.15) is 0 Å². The molecule has 0 amide bonds. The van der Waals surface area contributed by atoms with Crippen molar-refractivity contribution in [3.63, 3.8) is 0 Å². The van der Waals surface area contributed by atoms with E-state index in [2.05, 4.69) is 342 Å². The summed E-state index contributed by atoms with van der Waals surface area (Å²) in [6.07, 6.45) is 0. The number of nitrogens with zero attached hydrogens (tertiary/aromatic N) is 3. The topological polar surface area (TPSA) is 13.1 Å². The summed E-state index contributed by atoms with van der Waals surface area (Å²) in [6.45, 7) is -0.115. The third-order valence-electron chi connectivity index (χ3n) is 19.4. The Morgan fingerprint density at radius 1 is 0.253 bits per heavy atom. The minimum Gasteiger partial charge on any atom is -0.310 e. The van der Waals surface area contributed by atoms with Gasteiger partial charge in [-0.05, 0) is 132 Å². The van der Waals surface area contributed by atoms with Gasteiger partial charge in [0.15, 0.2) is 0 Å². The van der Waals surface area contributed by atoms with Gasteiger partial charge in [-0.3, -0.25) is 0 Å². The molecule has 0 N–H and O–H groups in total. The molecule has 19 rings (SSSR count). The smallest absolute Gasteiger partial charge is 0.249 e. The van der Waals surface area contributed by atoms with Crippen LogP contribution >= 0.6 is 11.8 Å². The molecular formula is C86H54BN3S. The quantitative estimate of drug-likeness (QED) is 0.111. The van der Waals surface area contributed by atoms with Gasteiger partial charge in [-0.25, -0.2) is 0 Å². The minimum atomic E-state index is -0.115. The van der Waals surface area contributed by atoms with Crippen molar-refractivity contribution in [3.8, 4) is 67.0 Å². The second-order valence-electron chi connectivity index (χ2n) is 24.2. The average molecular weight is 1170 g/mol. The Kier molecular flexibility index (Phi) is 11.7. The molecule has 422 valence electrons. The number of benzene rings is 15. The SMILES string of the molecule is c1ccc(-c2ccccc2-c2c3ccccc3c(-c3ccc4c(c3)N(c3c(-c5ccccc5)cccc3-c3ccccc3)c3cc(-n5c6ccccc6c6ccccc65)cc5c3B4c3ccc(-n4c6ccccc6c6ccccc64)cc3S5)c3ccccc23)cc1. The molecule has 5 heteroatoms. The molecule has 0 spiro atoms. The molecule has 0 atom stereocenters. The van der Waals surface area contributed by atoms with Crippen LogP contribution in [0.25, 0.3) is 132 Å². The maximum Gasteiger partial charge on any atom is 0.249 e. The Hall–Kier alpha value is -11.4. The van der Waals surface area contributed by atoms with Crippen LogP contribution in [0.3, 0.4) is 0 Å². The average Bonchev–Trinajstić information content (AvgIpc) is 0.882. The second kappa shape index (κ2) is 20.6. The maximum atomic E-state index is 2.68. The number of anilines is 3. The molecule has 0 radical (unpaired) electrons. The molecule has 0 aliphatic carbocycles. The van der Waals surface area contributed by atoms with Gasteiger partial charge in [0.05, 0.1) is 27.8 Å². The summed E-state index contributed by atoms with van der Waals surface area (Å²) in [6, 6.07) is 122. The molecule has 4 heterocycles. The maximum absolute atomic E-state index is 2.68. The van der Waals surface area contributed by atoms with Crippen LogP contribution in [-0.2, 0) is 0 Å². The van der Waals surface area contributed by atoms with E-state index in [0.717, 1.165) is 56.3 Å². The van der Waals surface area contributed by atoms with E-state index >= 15 is 0 Å². The molecule has 2 aromatic heterocycles. The van der Waals surface area contributed by atoms with E-state index in [4.69, 9.17) is 0 Å². The molecule has 0 bridgehead atoms. The number of aromatic nitrogens is 2. The zero-order chi connectivity index (χ0) is 59.7. The van der Waals surface area contributed by atoms with Gasteiger partial charge in [-0.1, -0.05) is 290 Å². The zero-order valence-corrected chi connectivity index (χ0v) is 50.3. The van der Waals surface area contributed by atoms with Gasteiger partial charge in [0.2, 0.25) is 6.71 Å². The van der Waals surface area contributed by atoms with Gasteiger partial charge >= 0.3 is 0 Å². The number of fused-ring (bicyclic) bond motifs is 12. The van der Waals surface area contributed by atoms with Crippen LogP contribution < -0.4 is 21.3 Å². The van der Waals surface area contributed by atoms with E-state index in [9.17, 15) is 0 Å². The lowest BCUT2D eigenvalue weighted by molar-refractivity contribution is 1.15. The molecule has 0 saturated heterocycles. The lowest BCUT2D eigenvalue weighted by Gasteiger charge is -2.42. The zero-order valence-electron chi connectivity index (χ0n) is 49.5. The molecular weight excluding hydrogens is 1120 g/mol. The van der Waals surface area contributed by atoms with Gasteiger partial charge in [0.25, 0.3) is 0 Å². The molecule has 3 nitrogen and oxygen atoms in total. The summed E-state index contributed by atoms with van der Waals surface area (Å²) in [5, 5.41) is 9.84. The monoisotopic (exact) mass is 1170 g/mol. The molecule has 91 heavy (non-hydrogen) atoms. The third kappa shape index (κ3) is 7.91. The first-order valence-corrected chi connectivity index (χ1v) is 32.3. The third-order valence-corrected chi connectivity index (χ3v) is 20.5. The molecule has 15 aromatic carbocycles. The van der Waals surface area contributed by atoms with Crippen LogP contribution in [0.1, 0.15) is 0 Å². The number of hydrogen-bond donors (Lipinski definition) is 0. The van der Waals surface area contributed by atoms with E-state index in [0.29, 0.717) is 0 Å². The van der Waals surface area contributed by atoms with Gasteiger partial charge in [0, 0.05) is 65.2 Å². The molecule has 0 saturated carbocycles. The highest BCUT2D eigenvalue weighted by molar-refractivity contribution is 8.00. The van der Waals surface area contributed by atoms with E-state index in [1.807, 2.05) is 11.8 Å². The van der Waals surface area contributed by atoms with Crippen LogP contribution in [0.4, 0.5) is 17.1 Å². The summed E-state index contributed by atoms with van der Waals surface area (Å²) in [4.78, 5) is 5.18. The fourth-order valence-electron chi connectivity index (χ4n) is 15.6. The summed E-state index contributed by atoms with van der Waals surface area (Å²) >= 11 is 1.92. The first-order valence-electron chi connectivity index (χ1n) is 31.4. The van der Waals surface area contributed by atoms with E-state index < -0.39 is 0 Å². The van der Waals surface area contributed by atoms with Gasteiger partial charge in [-0.15, -0.1) is 0 Å². The van der Waals surface area contributed by atoms with Crippen molar-refractivity contribution in [1.82, 2.24) is 9.13 Å². The molecule has 0 fully saturated rings. The summed E-state index contributed by atoms with van der Waals surface area (Å²) in [7, 11) is 0. The Morgan fingerprint density at radius 3 is 1.19 bits per heavy atom. The lowest BCUT2D eigenvalue weighted by Crippen LogP contribution is -2.60. The molecule has 17 aromatic rings. The van der Waals surface area contributed by atoms with E-state index in [1.54, 1.807) is 0 Å². The lowest BCUT2D eigenvalue weighted by atomic mass is 9.34. The van der Waals surface area contributed by atoms with Crippen LogP contribution in [0.15, 0.2) is 337 Å². The molecule has 2 aliphatic rings. The normalized spacial score (nSPS) is 12.5. The van der Waals surface area contributed by atoms with Crippen molar-refractivity contribution in [2.45, 2.75) is 9.79 Å². The standard InChI is InChI=1S/C86H54BN3S/c1-4-25-55(26-5-1)61-31-10-11-36-68(61)84-71-39-14-12-37-69(71)83(70-38-13-15-40-72(70)84)58-47-49-73-79(51-58)90(86-62(56-27-6-2-7-28-56)41-24-42-63(86)57-29-8-3-9-30-57)80-52-60(89-77-45-22-18-34-66(77)67-35-19-23-46-78(67)89)54-82-85(80)87(73)74-50-48-59(53-81(74)91-82)88-75-43-20-16-32-64(75)65-33-17-21-44-76(65)88/h1-54H. The van der Waals surface area contributed by atoms with Crippen molar-refractivity contribution >= 4 is 117 Å². The minimum absolute atomic E-state index is 0.115. The van der Waals surface area contributed by atoms with Crippen LogP contribution in [-0.4, -0.2) is 15.8 Å². The highest BCUT2D eigenvalue weighted by Gasteiger charge is 2.43. The largest absolute Gasteiger partial charge is 0.310 e. The molecule has 0 unspecified atom stereocenters. The van der Waals surface area contributed by atoms with E-state index in [-0.39, 0.29) is 6.71 Å². The highest BCUT2D eigenvalue weighted by atomic mass is 32.2. The molecule has 2 aliphatic heterocycles. The predicted molar refractivity (Wildman–Crippen MR) is 387 cm³/mol. The van der Waals surface area contributed by atoms with Gasteiger partial charge < -0.3 is 14.0 Å². The Labute approximate surface area is 532 Å². The van der Waals surface area contributed by atoms with Crippen LogP contribution in [0.5, 0.6) is 0 Å². The highest BCUT2D eigenvalue weighted by Crippen LogP contribution is 2.53. The van der Waals surface area contributed by atoms with Crippen LogP contribution in [0, 0.1) is 0 Å². The first kappa shape index (κ1) is 51.7. The van der Waals surface area contributed by atoms with Crippen molar-refractivity contribution < 1.29 is 0 Å². The Balaban J connectivity index is 0.934. The number of rotatable bonds is 8. The fourth-order valence-corrected chi connectivity index (χ4v) is 16.8. The second-order valence-corrected chi connectivity index (χ2v) is 25.3. The summed E-state index contributed by atoms with van der Waals surface area (Å²) < 4.78 is 4.98. The van der Waals surface area contributed by atoms with Crippen molar-refractivity contribution in [2.75, 3.05) is 4.90 Å². The first-order chi connectivity index (χ1) is 45.2. The number of hydrogen-bond acceptors (Lipinski definition) is 2. The number of para-hydroxylation sites is 5. The van der Waals surface area contributed by atoms with Crippen molar-refractivity contribution in [3.05, 3.63) is 328 Å². The van der Waals surface area contributed by atoms with Crippen molar-refractivity contribution in [2.24, 2.45) is 0 Å². The Bertz CT molecular complexity index is 5610. The van der Waals surface area contributed by atoms with Crippen LogP contribution in [0.2, 0.25) is 0 Å². The fraction of sp³-hybridized carbons (Fsp3) is 0. The summed E-state index contributed by atoms with van der Waals surface area (Å²) in [5.74, 6) is 0. The predicted octanol–water partition coefficient (Wildman–Crippen LogP) is 21.3.